The van der Waals surface area contributed by atoms with Crippen molar-refractivity contribution in [3.63, 3.8) is 0 Å². The number of hydrogen-bond donors (Lipinski definition) is 0. The predicted molar refractivity (Wildman–Crippen MR) is 76.4 cm³/mol. The Morgan fingerprint density at radius 2 is 1.74 bits per heavy atom. The molecule has 0 saturated carbocycles. The van der Waals surface area contributed by atoms with E-state index >= 15 is 0 Å². The van der Waals surface area contributed by atoms with Crippen LogP contribution in [0.2, 0.25) is 5.02 Å². The van der Waals surface area contributed by atoms with Gasteiger partial charge in [0.15, 0.2) is 0 Å². The minimum absolute atomic E-state index is 0.130. The molecule has 0 amide bonds. The van der Waals surface area contributed by atoms with Gasteiger partial charge in [0.05, 0.1) is 0 Å². The van der Waals surface area contributed by atoms with Crippen molar-refractivity contribution in [2.75, 3.05) is 5.88 Å². The Morgan fingerprint density at radius 3 is 2.32 bits per heavy atom. The molecule has 0 heterocycles. The summed E-state index contributed by atoms with van der Waals surface area (Å²) in [5.41, 5.74) is 1.73. The number of rotatable bonds is 3. The van der Waals surface area contributed by atoms with Crippen molar-refractivity contribution in [1.29, 1.82) is 0 Å². The van der Waals surface area contributed by atoms with E-state index in [1.54, 1.807) is 30.3 Å². The van der Waals surface area contributed by atoms with Crippen molar-refractivity contribution >= 4 is 34.9 Å². The smallest absolute Gasteiger partial charge is 0.133 e. The lowest BCUT2D eigenvalue weighted by Gasteiger charge is -2.06. The van der Waals surface area contributed by atoms with E-state index in [9.17, 15) is 8.78 Å². The molecule has 0 bridgehead atoms. The van der Waals surface area contributed by atoms with Crippen LogP contribution < -0.4 is 0 Å². The van der Waals surface area contributed by atoms with Crippen LogP contribution in [-0.4, -0.2) is 5.88 Å². The molecular weight excluding hydrogens is 289 g/mol. The Balaban J connectivity index is 2.41. The molecule has 0 N–H and O–H groups in total. The zero-order valence-corrected chi connectivity index (χ0v) is 11.3. The fraction of sp³-hybridized carbons (Fsp3) is 0.0667. The van der Waals surface area contributed by atoms with Crippen LogP contribution >= 0.6 is 23.2 Å². The summed E-state index contributed by atoms with van der Waals surface area (Å²) in [5, 5.41) is 0.623. The third kappa shape index (κ3) is 3.55. The zero-order valence-electron chi connectivity index (χ0n) is 9.84. The van der Waals surface area contributed by atoms with E-state index in [0.717, 1.165) is 11.6 Å². The van der Waals surface area contributed by atoms with E-state index in [0.29, 0.717) is 16.2 Å². The SMILES string of the molecule is Fc1ccc(C(=Cc2ccc(Cl)cc2)CCl)c(F)c1. The molecule has 98 valence electrons. The summed E-state index contributed by atoms with van der Waals surface area (Å²) in [6, 6.07) is 10.5. The van der Waals surface area contributed by atoms with Gasteiger partial charge >= 0.3 is 0 Å². The summed E-state index contributed by atoms with van der Waals surface area (Å²) in [7, 11) is 0. The van der Waals surface area contributed by atoms with E-state index in [1.165, 1.54) is 12.1 Å². The second-order valence-electron chi connectivity index (χ2n) is 3.98. The number of benzene rings is 2. The van der Waals surface area contributed by atoms with Gasteiger partial charge in [-0.2, -0.15) is 0 Å². The molecule has 0 radical (unpaired) electrons. The van der Waals surface area contributed by atoms with Gasteiger partial charge in [0.1, 0.15) is 11.6 Å². The van der Waals surface area contributed by atoms with Gasteiger partial charge in [0.2, 0.25) is 0 Å². The van der Waals surface area contributed by atoms with Crippen LogP contribution in [0.3, 0.4) is 0 Å². The molecule has 0 saturated heterocycles. The van der Waals surface area contributed by atoms with Gasteiger partial charge in [-0.05, 0) is 41.5 Å². The maximum Gasteiger partial charge on any atom is 0.133 e. The summed E-state index contributed by atoms with van der Waals surface area (Å²) in [5.74, 6) is -1.10. The second-order valence-corrected chi connectivity index (χ2v) is 4.68. The Bertz CT molecular complexity index is 604. The number of halogens is 4. The number of alkyl halides is 1. The van der Waals surface area contributed by atoms with E-state index in [4.69, 9.17) is 23.2 Å². The monoisotopic (exact) mass is 298 g/mol. The lowest BCUT2D eigenvalue weighted by molar-refractivity contribution is 0.581. The quantitative estimate of drug-likeness (QED) is 0.526. The van der Waals surface area contributed by atoms with Gasteiger partial charge in [-0.25, -0.2) is 8.78 Å². The third-order valence-electron chi connectivity index (χ3n) is 2.63. The Labute approximate surface area is 120 Å². The lowest BCUT2D eigenvalue weighted by atomic mass is 10.0. The van der Waals surface area contributed by atoms with E-state index in [-0.39, 0.29) is 5.88 Å². The van der Waals surface area contributed by atoms with Crippen molar-refractivity contribution < 1.29 is 8.78 Å². The standard InChI is InChI=1S/C15H10Cl2F2/c16-9-11(7-10-1-3-12(17)4-2-10)14-6-5-13(18)8-15(14)19/h1-8H,9H2. The molecular formula is C15H10Cl2F2. The highest BCUT2D eigenvalue weighted by atomic mass is 35.5. The van der Waals surface area contributed by atoms with Crippen molar-refractivity contribution in [3.8, 4) is 0 Å². The van der Waals surface area contributed by atoms with E-state index in [1.807, 2.05) is 0 Å². The van der Waals surface area contributed by atoms with Crippen LogP contribution in [0.5, 0.6) is 0 Å². The van der Waals surface area contributed by atoms with Crippen LogP contribution in [0.4, 0.5) is 8.78 Å². The molecule has 2 rings (SSSR count). The van der Waals surface area contributed by atoms with Crippen LogP contribution in [0.25, 0.3) is 11.6 Å². The molecule has 2 aromatic carbocycles. The van der Waals surface area contributed by atoms with E-state index in [2.05, 4.69) is 0 Å². The molecule has 2 aromatic rings. The topological polar surface area (TPSA) is 0 Å². The van der Waals surface area contributed by atoms with Gasteiger partial charge in [-0.15, -0.1) is 11.6 Å². The summed E-state index contributed by atoms with van der Waals surface area (Å²) in [6.45, 7) is 0. The Kier molecular flexibility index (Phi) is 4.56. The first-order valence-electron chi connectivity index (χ1n) is 5.57. The second kappa shape index (κ2) is 6.18. The average molecular weight is 299 g/mol. The average Bonchev–Trinajstić information content (AvgIpc) is 2.39. The maximum atomic E-state index is 13.7. The largest absolute Gasteiger partial charge is 0.207 e. The van der Waals surface area contributed by atoms with Crippen molar-refractivity contribution in [2.45, 2.75) is 0 Å². The van der Waals surface area contributed by atoms with Gasteiger partial charge < -0.3 is 0 Å². The summed E-state index contributed by atoms with van der Waals surface area (Å²) >= 11 is 11.6. The molecule has 0 aliphatic rings. The molecule has 0 aromatic heterocycles. The maximum absolute atomic E-state index is 13.7. The Hall–Kier alpha value is -1.38. The van der Waals surface area contributed by atoms with Crippen LogP contribution in [-0.2, 0) is 0 Å². The number of allylic oxidation sites excluding steroid dienone is 1. The molecule has 0 atom stereocenters. The van der Waals surface area contributed by atoms with Gasteiger partial charge in [-0.3, -0.25) is 0 Å². The van der Waals surface area contributed by atoms with E-state index < -0.39 is 11.6 Å². The van der Waals surface area contributed by atoms with Crippen molar-refractivity contribution in [2.24, 2.45) is 0 Å². The van der Waals surface area contributed by atoms with Crippen LogP contribution in [0.1, 0.15) is 11.1 Å². The fourth-order valence-electron chi connectivity index (χ4n) is 1.70. The van der Waals surface area contributed by atoms with Gasteiger partial charge in [0, 0.05) is 22.5 Å². The molecule has 0 spiro atoms. The lowest BCUT2D eigenvalue weighted by Crippen LogP contribution is -1.92. The van der Waals surface area contributed by atoms with Crippen LogP contribution in [0.15, 0.2) is 42.5 Å². The third-order valence-corrected chi connectivity index (χ3v) is 3.17. The molecule has 0 fully saturated rings. The first-order chi connectivity index (χ1) is 9.10. The highest BCUT2D eigenvalue weighted by Gasteiger charge is 2.08. The first kappa shape index (κ1) is 14.0. The summed E-state index contributed by atoms with van der Waals surface area (Å²) < 4.78 is 26.6. The molecule has 0 aliphatic carbocycles. The molecule has 0 nitrogen and oxygen atoms in total. The normalized spacial score (nSPS) is 11.7. The highest BCUT2D eigenvalue weighted by Crippen LogP contribution is 2.23. The molecule has 19 heavy (non-hydrogen) atoms. The fourth-order valence-corrected chi connectivity index (χ4v) is 2.05. The predicted octanol–water partition coefficient (Wildman–Crippen LogP) is 5.40. The van der Waals surface area contributed by atoms with Crippen molar-refractivity contribution in [1.82, 2.24) is 0 Å². The molecule has 4 heteroatoms. The minimum atomic E-state index is -0.624. The number of hydrogen-bond acceptors (Lipinski definition) is 0. The summed E-state index contributed by atoms with van der Waals surface area (Å²) in [6.07, 6.45) is 1.75. The first-order valence-corrected chi connectivity index (χ1v) is 6.49. The minimum Gasteiger partial charge on any atom is -0.207 e. The van der Waals surface area contributed by atoms with Crippen LogP contribution in [0, 0.1) is 11.6 Å². The van der Waals surface area contributed by atoms with Crippen molar-refractivity contribution in [3.05, 3.63) is 70.2 Å². The summed E-state index contributed by atoms with van der Waals surface area (Å²) in [4.78, 5) is 0. The molecule has 0 unspecified atom stereocenters. The Morgan fingerprint density at radius 1 is 1.05 bits per heavy atom. The highest BCUT2D eigenvalue weighted by molar-refractivity contribution is 6.30. The molecule has 0 aliphatic heterocycles. The zero-order chi connectivity index (χ0) is 13.8. The van der Waals surface area contributed by atoms with Gasteiger partial charge in [0.25, 0.3) is 0 Å². The van der Waals surface area contributed by atoms with Gasteiger partial charge in [-0.1, -0.05) is 23.7 Å².